The highest BCUT2D eigenvalue weighted by Crippen LogP contribution is 2.34. The van der Waals surface area contributed by atoms with Crippen LogP contribution in [0.25, 0.3) is 33.4 Å². The molecule has 40 heavy (non-hydrogen) atoms. The second kappa shape index (κ2) is 12.3. The minimum absolute atomic E-state index is 0.268. The van der Waals surface area contributed by atoms with Gasteiger partial charge in [-0.25, -0.2) is 4.39 Å². The van der Waals surface area contributed by atoms with E-state index >= 15 is 0 Å². The predicted molar refractivity (Wildman–Crippen MR) is 167 cm³/mol. The van der Waals surface area contributed by atoms with Crippen molar-refractivity contribution in [2.24, 2.45) is 0 Å². The van der Waals surface area contributed by atoms with Gasteiger partial charge in [-0.1, -0.05) is 68.2 Å². The summed E-state index contributed by atoms with van der Waals surface area (Å²) in [6.07, 6.45) is 13.9. The Labute approximate surface area is 236 Å². The molecule has 4 nitrogen and oxygen atoms in total. The first-order chi connectivity index (χ1) is 19.5. The molecule has 1 fully saturated rings. The minimum Gasteiger partial charge on any atom is -0.357 e. The van der Waals surface area contributed by atoms with Gasteiger partial charge in [0.1, 0.15) is 11.5 Å². The van der Waals surface area contributed by atoms with E-state index in [1.165, 1.54) is 30.9 Å². The van der Waals surface area contributed by atoms with Crippen molar-refractivity contribution in [2.45, 2.75) is 33.1 Å². The average molecular weight is 533 g/mol. The molecule has 4 aromatic rings. The van der Waals surface area contributed by atoms with Gasteiger partial charge in [0.2, 0.25) is 0 Å². The summed E-state index contributed by atoms with van der Waals surface area (Å²) in [5.41, 5.74) is 9.90. The molecule has 0 spiro atoms. The fourth-order valence-corrected chi connectivity index (χ4v) is 5.56. The number of H-pyrrole nitrogens is 2. The molecule has 0 amide bonds. The first kappa shape index (κ1) is 27.4. The molecule has 0 atom stereocenters. The summed E-state index contributed by atoms with van der Waals surface area (Å²) < 4.78 is 14.0. The Hall–Kier alpha value is -4.22. The van der Waals surface area contributed by atoms with E-state index in [1.54, 1.807) is 18.2 Å². The Morgan fingerprint density at radius 2 is 1.88 bits per heavy atom. The third-order valence-electron chi connectivity index (χ3n) is 7.65. The Bertz CT molecular complexity index is 1620. The monoisotopic (exact) mass is 532 g/mol. The van der Waals surface area contributed by atoms with E-state index in [0.717, 1.165) is 75.5 Å². The lowest BCUT2D eigenvalue weighted by atomic mass is 9.97. The zero-order valence-corrected chi connectivity index (χ0v) is 23.4. The van der Waals surface area contributed by atoms with Crippen LogP contribution in [0.3, 0.4) is 0 Å². The first-order valence-corrected chi connectivity index (χ1v) is 14.0. The van der Waals surface area contributed by atoms with Crippen LogP contribution in [0.2, 0.25) is 0 Å². The summed E-state index contributed by atoms with van der Waals surface area (Å²) in [6, 6.07) is 15.2. The molecule has 1 aliphatic heterocycles. The molecule has 5 rings (SSSR count). The fourth-order valence-electron chi connectivity index (χ4n) is 5.56. The van der Waals surface area contributed by atoms with Crippen molar-refractivity contribution in [3.63, 3.8) is 0 Å². The zero-order valence-electron chi connectivity index (χ0n) is 23.4. The van der Waals surface area contributed by atoms with Gasteiger partial charge in [-0.3, -0.25) is 10.00 Å². The molecule has 2 aromatic carbocycles. The lowest BCUT2D eigenvalue weighted by Crippen LogP contribution is -2.31. The SMILES string of the molecule is C=C/C=C(/c1cccc(F)c1)c1cc(-c2n[nH]c3ccc(C(/C=C(\C=C)CN4CCCCC4)=C/C)cc23)[nH]c1C. The third kappa shape index (κ3) is 5.85. The van der Waals surface area contributed by atoms with Crippen LogP contribution in [0.15, 0.2) is 97.6 Å². The van der Waals surface area contributed by atoms with E-state index in [1.807, 2.05) is 25.1 Å². The summed E-state index contributed by atoms with van der Waals surface area (Å²) >= 11 is 0. The summed E-state index contributed by atoms with van der Waals surface area (Å²) in [5.74, 6) is -0.268. The second-order valence-corrected chi connectivity index (χ2v) is 10.4. The molecule has 0 unspecified atom stereocenters. The van der Waals surface area contributed by atoms with Gasteiger partial charge in [-0.2, -0.15) is 5.10 Å². The quantitative estimate of drug-likeness (QED) is 0.212. The highest BCUT2D eigenvalue weighted by molar-refractivity contribution is 5.96. The molecule has 0 radical (unpaired) electrons. The molecular weight excluding hydrogens is 495 g/mol. The Morgan fingerprint density at radius 3 is 2.60 bits per heavy atom. The van der Waals surface area contributed by atoms with Crippen molar-refractivity contribution in [1.82, 2.24) is 20.1 Å². The number of fused-ring (bicyclic) bond motifs is 1. The smallest absolute Gasteiger partial charge is 0.123 e. The maximum absolute atomic E-state index is 14.0. The van der Waals surface area contributed by atoms with Crippen LogP contribution >= 0.6 is 0 Å². The lowest BCUT2D eigenvalue weighted by molar-refractivity contribution is 0.248. The maximum Gasteiger partial charge on any atom is 0.123 e. The van der Waals surface area contributed by atoms with E-state index in [2.05, 4.69) is 76.6 Å². The number of nitrogens with zero attached hydrogens (tertiary/aromatic N) is 2. The standard InChI is InChI=1S/C35H37FN4/c1-5-12-30(28-13-11-14-29(36)20-28)31-22-34(37-24(31)4)35-32-21-27(15-16-33(32)38-39-35)26(7-3)19-25(6-2)23-40-17-9-8-10-18-40/h5-7,11-16,19-22,37H,1-2,8-10,17-18,23H2,3-4H3,(H,38,39)/b25-19+,26-7+,30-12-. The molecule has 2 aromatic heterocycles. The van der Waals surface area contributed by atoms with Crippen LogP contribution < -0.4 is 0 Å². The highest BCUT2D eigenvalue weighted by atomic mass is 19.1. The molecule has 3 heterocycles. The maximum atomic E-state index is 14.0. The number of likely N-dealkylation sites (tertiary alicyclic amines) is 1. The van der Waals surface area contributed by atoms with Gasteiger partial charge in [0.15, 0.2) is 0 Å². The van der Waals surface area contributed by atoms with Crippen LogP contribution in [-0.2, 0) is 0 Å². The molecule has 1 saturated heterocycles. The van der Waals surface area contributed by atoms with Crippen molar-refractivity contribution in [3.8, 4) is 11.4 Å². The van der Waals surface area contributed by atoms with Gasteiger partial charge in [-0.15, -0.1) is 0 Å². The number of piperidine rings is 1. The average Bonchev–Trinajstić information content (AvgIpc) is 3.57. The number of aromatic nitrogens is 3. The summed E-state index contributed by atoms with van der Waals surface area (Å²) in [4.78, 5) is 6.03. The number of benzene rings is 2. The normalized spacial score (nSPS) is 15.5. The Morgan fingerprint density at radius 1 is 1.05 bits per heavy atom. The van der Waals surface area contributed by atoms with Gasteiger partial charge >= 0.3 is 0 Å². The van der Waals surface area contributed by atoms with Crippen LogP contribution in [0.4, 0.5) is 4.39 Å². The number of aromatic amines is 2. The molecule has 0 bridgehead atoms. The highest BCUT2D eigenvalue weighted by Gasteiger charge is 2.17. The number of hydrogen-bond acceptors (Lipinski definition) is 2. The van der Waals surface area contributed by atoms with E-state index in [4.69, 9.17) is 0 Å². The van der Waals surface area contributed by atoms with Crippen LogP contribution in [0.5, 0.6) is 0 Å². The summed E-state index contributed by atoms with van der Waals surface area (Å²) in [7, 11) is 0. The summed E-state index contributed by atoms with van der Waals surface area (Å²) in [5, 5.41) is 8.91. The minimum atomic E-state index is -0.268. The van der Waals surface area contributed by atoms with Crippen molar-refractivity contribution in [3.05, 3.63) is 126 Å². The topological polar surface area (TPSA) is 47.7 Å². The van der Waals surface area contributed by atoms with E-state index < -0.39 is 0 Å². The van der Waals surface area contributed by atoms with Gasteiger partial charge in [0.05, 0.1) is 11.2 Å². The molecule has 2 N–H and O–H groups in total. The Kier molecular flexibility index (Phi) is 8.42. The largest absolute Gasteiger partial charge is 0.357 e. The van der Waals surface area contributed by atoms with Gasteiger partial charge < -0.3 is 4.98 Å². The van der Waals surface area contributed by atoms with E-state index in [0.29, 0.717) is 0 Å². The number of rotatable bonds is 9. The number of nitrogens with one attached hydrogen (secondary N) is 2. The lowest BCUT2D eigenvalue weighted by Gasteiger charge is -2.26. The zero-order chi connectivity index (χ0) is 28.1. The Balaban J connectivity index is 1.50. The van der Waals surface area contributed by atoms with Crippen LogP contribution in [0, 0.1) is 12.7 Å². The molecule has 204 valence electrons. The molecule has 1 aliphatic rings. The van der Waals surface area contributed by atoms with Gasteiger partial charge in [0, 0.05) is 23.2 Å². The van der Waals surface area contributed by atoms with E-state index in [9.17, 15) is 4.39 Å². The van der Waals surface area contributed by atoms with Crippen LogP contribution in [-0.4, -0.2) is 39.7 Å². The third-order valence-corrected chi connectivity index (χ3v) is 7.65. The molecular formula is C35H37FN4. The van der Waals surface area contributed by atoms with Crippen LogP contribution in [0.1, 0.15) is 48.6 Å². The first-order valence-electron chi connectivity index (χ1n) is 14.0. The van der Waals surface area contributed by atoms with Gasteiger partial charge in [0.25, 0.3) is 0 Å². The summed E-state index contributed by atoms with van der Waals surface area (Å²) in [6.45, 7) is 15.3. The van der Waals surface area contributed by atoms with Crippen molar-refractivity contribution in [1.29, 1.82) is 0 Å². The van der Waals surface area contributed by atoms with Gasteiger partial charge in [-0.05, 0) is 98.0 Å². The molecule has 5 heteroatoms. The van der Waals surface area contributed by atoms with Crippen molar-refractivity contribution < 1.29 is 4.39 Å². The molecule has 0 saturated carbocycles. The predicted octanol–water partition coefficient (Wildman–Crippen LogP) is 8.62. The number of allylic oxidation sites excluding steroid dienone is 5. The van der Waals surface area contributed by atoms with E-state index in [-0.39, 0.29) is 5.82 Å². The molecule has 0 aliphatic carbocycles. The second-order valence-electron chi connectivity index (χ2n) is 10.4. The van der Waals surface area contributed by atoms with Crippen molar-refractivity contribution in [2.75, 3.05) is 19.6 Å². The van der Waals surface area contributed by atoms with Crippen molar-refractivity contribution >= 4 is 22.0 Å². The number of aryl methyl sites for hydroxylation is 1. The number of halogens is 1. The fraction of sp³-hybridized carbons (Fsp3) is 0.229. The number of hydrogen-bond donors (Lipinski definition) is 2.